The average molecular weight is 251 g/mol. The molecule has 1 nitrogen and oxygen atoms in total. The van der Waals surface area contributed by atoms with Gasteiger partial charge in [0.1, 0.15) is 5.75 Å². The maximum atomic E-state index is 9.83. The first kappa shape index (κ1) is 9.53. The number of rotatable bonds is 1. The summed E-state index contributed by atoms with van der Waals surface area (Å²) in [5, 5.41) is 11.8. The van der Waals surface area contributed by atoms with Crippen molar-refractivity contribution in [3.63, 3.8) is 0 Å². The molecule has 0 heterocycles. The molecule has 0 aliphatic heterocycles. The van der Waals surface area contributed by atoms with E-state index in [0.29, 0.717) is 5.75 Å². The Morgan fingerprint density at radius 3 is 2.64 bits per heavy atom. The second kappa shape index (κ2) is 3.62. The second-order valence-corrected chi connectivity index (χ2v) is 4.16. The van der Waals surface area contributed by atoms with Crippen molar-refractivity contribution in [3.8, 4) is 5.75 Å². The molecular weight excluding hydrogens is 240 g/mol. The van der Waals surface area contributed by atoms with Gasteiger partial charge in [-0.05, 0) is 45.4 Å². The van der Waals surface area contributed by atoms with Crippen molar-refractivity contribution < 1.29 is 5.11 Å². The highest BCUT2D eigenvalue weighted by atomic mass is 79.9. The summed E-state index contributed by atoms with van der Waals surface area (Å²) in [6.07, 6.45) is 0.988. The van der Waals surface area contributed by atoms with E-state index < -0.39 is 0 Å². The van der Waals surface area contributed by atoms with Gasteiger partial charge < -0.3 is 5.11 Å². The zero-order chi connectivity index (χ0) is 10.1. The van der Waals surface area contributed by atoms with Crippen LogP contribution >= 0.6 is 15.9 Å². The monoisotopic (exact) mass is 250 g/mol. The maximum Gasteiger partial charge on any atom is 0.137 e. The van der Waals surface area contributed by atoms with Crippen molar-refractivity contribution in [3.05, 3.63) is 40.4 Å². The lowest BCUT2D eigenvalue weighted by atomic mass is 10.1. The summed E-state index contributed by atoms with van der Waals surface area (Å²) in [5.41, 5.74) is 1.24. The highest BCUT2D eigenvalue weighted by molar-refractivity contribution is 9.10. The molecule has 14 heavy (non-hydrogen) atoms. The molecule has 2 aromatic rings. The molecule has 0 bridgehead atoms. The van der Waals surface area contributed by atoms with Gasteiger partial charge in [0, 0.05) is 5.39 Å². The number of phenolic OH excluding ortho intramolecular Hbond substituents is 1. The van der Waals surface area contributed by atoms with Crippen molar-refractivity contribution in [2.24, 2.45) is 0 Å². The largest absolute Gasteiger partial charge is 0.506 e. The van der Waals surface area contributed by atoms with Gasteiger partial charge in [-0.1, -0.05) is 25.1 Å². The predicted octanol–water partition coefficient (Wildman–Crippen LogP) is 3.87. The minimum Gasteiger partial charge on any atom is -0.506 e. The van der Waals surface area contributed by atoms with Crippen molar-refractivity contribution in [1.29, 1.82) is 0 Å². The molecule has 72 valence electrons. The number of fused-ring (bicyclic) bond motifs is 1. The average Bonchev–Trinajstić information content (AvgIpc) is 2.23. The molecule has 0 amide bonds. The van der Waals surface area contributed by atoms with Gasteiger partial charge >= 0.3 is 0 Å². The van der Waals surface area contributed by atoms with Crippen molar-refractivity contribution in [1.82, 2.24) is 0 Å². The molecule has 0 spiro atoms. The van der Waals surface area contributed by atoms with Crippen LogP contribution < -0.4 is 0 Å². The molecule has 2 heteroatoms. The summed E-state index contributed by atoms with van der Waals surface area (Å²) in [6.45, 7) is 2.11. The molecule has 2 rings (SSSR count). The third-order valence-corrected chi connectivity index (χ3v) is 3.06. The minimum absolute atomic E-state index is 0.331. The SMILES string of the molecule is CCc1ccc2ccc(Br)c(O)c2c1. The summed E-state index contributed by atoms with van der Waals surface area (Å²) >= 11 is 3.31. The number of aromatic hydroxyl groups is 1. The van der Waals surface area contributed by atoms with Crippen LogP contribution in [0.2, 0.25) is 0 Å². The Labute approximate surface area is 91.5 Å². The molecule has 0 atom stereocenters. The second-order valence-electron chi connectivity index (χ2n) is 3.31. The summed E-state index contributed by atoms with van der Waals surface area (Å²) in [5.74, 6) is 0.331. The van der Waals surface area contributed by atoms with Crippen molar-refractivity contribution >= 4 is 26.7 Å². The third kappa shape index (κ3) is 1.50. The Morgan fingerprint density at radius 1 is 1.21 bits per heavy atom. The van der Waals surface area contributed by atoms with E-state index in [9.17, 15) is 5.11 Å². The lowest BCUT2D eigenvalue weighted by Crippen LogP contribution is -1.81. The maximum absolute atomic E-state index is 9.83. The van der Waals surface area contributed by atoms with Crippen LogP contribution in [0, 0.1) is 0 Å². The zero-order valence-electron chi connectivity index (χ0n) is 7.92. The number of aryl methyl sites for hydroxylation is 1. The molecule has 0 aromatic heterocycles. The van der Waals surface area contributed by atoms with Gasteiger partial charge in [-0.2, -0.15) is 0 Å². The highest BCUT2D eigenvalue weighted by Crippen LogP contribution is 2.32. The van der Waals surface area contributed by atoms with E-state index in [-0.39, 0.29) is 0 Å². The number of halogens is 1. The van der Waals surface area contributed by atoms with E-state index in [0.717, 1.165) is 21.7 Å². The van der Waals surface area contributed by atoms with Gasteiger partial charge in [0.05, 0.1) is 4.47 Å². The Bertz CT molecular complexity index is 477. The lowest BCUT2D eigenvalue weighted by Gasteiger charge is -2.04. The fraction of sp³-hybridized carbons (Fsp3) is 0.167. The Balaban J connectivity index is 2.78. The van der Waals surface area contributed by atoms with Gasteiger partial charge in [-0.3, -0.25) is 0 Å². The molecule has 0 fully saturated rings. The van der Waals surface area contributed by atoms with Crippen LogP contribution in [0.4, 0.5) is 0 Å². The predicted molar refractivity (Wildman–Crippen MR) is 62.7 cm³/mol. The molecule has 0 saturated carbocycles. The Hall–Kier alpha value is -1.02. The van der Waals surface area contributed by atoms with Gasteiger partial charge in [0.15, 0.2) is 0 Å². The van der Waals surface area contributed by atoms with Crippen molar-refractivity contribution in [2.75, 3.05) is 0 Å². The fourth-order valence-corrected chi connectivity index (χ4v) is 1.89. The first-order valence-electron chi connectivity index (χ1n) is 4.62. The number of hydrogen-bond acceptors (Lipinski definition) is 1. The van der Waals surface area contributed by atoms with Gasteiger partial charge in [-0.25, -0.2) is 0 Å². The van der Waals surface area contributed by atoms with Gasteiger partial charge in [0.2, 0.25) is 0 Å². The van der Waals surface area contributed by atoms with Gasteiger partial charge in [0.25, 0.3) is 0 Å². The van der Waals surface area contributed by atoms with Crippen molar-refractivity contribution in [2.45, 2.75) is 13.3 Å². The number of benzene rings is 2. The Morgan fingerprint density at radius 2 is 1.93 bits per heavy atom. The van der Waals surface area contributed by atoms with Crippen LogP contribution in [0.25, 0.3) is 10.8 Å². The molecular formula is C12H11BrO. The van der Waals surface area contributed by atoms with Crippen LogP contribution in [-0.4, -0.2) is 5.11 Å². The minimum atomic E-state index is 0.331. The standard InChI is InChI=1S/C12H11BrO/c1-2-8-3-4-9-5-6-11(13)12(14)10(9)7-8/h3-7,14H,2H2,1H3. The number of hydrogen-bond donors (Lipinski definition) is 1. The summed E-state index contributed by atoms with van der Waals surface area (Å²) in [4.78, 5) is 0. The first-order valence-corrected chi connectivity index (χ1v) is 5.41. The van der Waals surface area contributed by atoms with E-state index in [2.05, 4.69) is 28.9 Å². The lowest BCUT2D eigenvalue weighted by molar-refractivity contribution is 0.478. The van der Waals surface area contributed by atoms with E-state index in [1.54, 1.807) is 0 Å². The summed E-state index contributed by atoms with van der Waals surface area (Å²) < 4.78 is 0.748. The van der Waals surface area contributed by atoms with E-state index in [1.807, 2.05) is 24.3 Å². The van der Waals surface area contributed by atoms with E-state index in [4.69, 9.17) is 0 Å². The zero-order valence-corrected chi connectivity index (χ0v) is 9.51. The normalized spacial score (nSPS) is 10.7. The van der Waals surface area contributed by atoms with E-state index in [1.165, 1.54) is 5.56 Å². The number of phenols is 1. The summed E-state index contributed by atoms with van der Waals surface area (Å²) in [7, 11) is 0. The first-order chi connectivity index (χ1) is 6.72. The van der Waals surface area contributed by atoms with Crippen LogP contribution in [0.15, 0.2) is 34.8 Å². The fourth-order valence-electron chi connectivity index (χ4n) is 1.54. The molecule has 0 aliphatic rings. The molecule has 0 saturated heterocycles. The quantitative estimate of drug-likeness (QED) is 0.815. The van der Waals surface area contributed by atoms with Crippen LogP contribution in [-0.2, 0) is 6.42 Å². The third-order valence-electron chi connectivity index (χ3n) is 2.42. The molecule has 2 aromatic carbocycles. The van der Waals surface area contributed by atoms with Crippen LogP contribution in [0.1, 0.15) is 12.5 Å². The smallest absolute Gasteiger partial charge is 0.137 e. The highest BCUT2D eigenvalue weighted by Gasteiger charge is 2.04. The summed E-state index contributed by atoms with van der Waals surface area (Å²) in [6, 6.07) is 10.0. The van der Waals surface area contributed by atoms with Crippen LogP contribution in [0.3, 0.4) is 0 Å². The van der Waals surface area contributed by atoms with Gasteiger partial charge in [-0.15, -0.1) is 0 Å². The molecule has 0 radical (unpaired) electrons. The molecule has 1 N–H and O–H groups in total. The van der Waals surface area contributed by atoms with E-state index >= 15 is 0 Å². The Kier molecular flexibility index (Phi) is 2.46. The molecule has 0 unspecified atom stereocenters. The molecule has 0 aliphatic carbocycles. The van der Waals surface area contributed by atoms with Crippen LogP contribution in [0.5, 0.6) is 5.75 Å². The topological polar surface area (TPSA) is 20.2 Å².